The Hall–Kier alpha value is -1.39. The number of aryl methyl sites for hydroxylation is 1. The van der Waals surface area contributed by atoms with Gasteiger partial charge >= 0.3 is 6.18 Å². The first-order chi connectivity index (χ1) is 10.7. The van der Waals surface area contributed by atoms with E-state index in [2.05, 4.69) is 10.1 Å². The third-order valence-electron chi connectivity index (χ3n) is 3.48. The quantitative estimate of drug-likeness (QED) is 0.832. The average Bonchev–Trinajstić information content (AvgIpc) is 3.03. The van der Waals surface area contributed by atoms with Gasteiger partial charge in [-0.1, -0.05) is 22.9 Å². The van der Waals surface area contributed by atoms with Crippen LogP contribution in [0.2, 0.25) is 5.15 Å². The van der Waals surface area contributed by atoms with E-state index >= 15 is 0 Å². The maximum Gasteiger partial charge on any atom is 0.390 e. The fourth-order valence-corrected chi connectivity index (χ4v) is 3.44. The van der Waals surface area contributed by atoms with Crippen LogP contribution < -0.4 is 0 Å². The number of carbonyl (C=O) groups excluding carboxylic acids is 1. The average molecular weight is 368 g/mol. The van der Waals surface area contributed by atoms with Gasteiger partial charge in [0.05, 0.1) is 26.2 Å². The fraction of sp³-hybridized carbons (Fsp3) is 0.583. The predicted molar refractivity (Wildman–Crippen MR) is 78.3 cm³/mol. The van der Waals surface area contributed by atoms with Crippen LogP contribution in [0.4, 0.5) is 13.2 Å². The van der Waals surface area contributed by atoms with Gasteiger partial charge in [0.15, 0.2) is 5.15 Å². The Morgan fingerprint density at radius 3 is 2.83 bits per heavy atom. The highest BCUT2D eigenvalue weighted by molar-refractivity contribution is 7.16. The number of alkyl halides is 3. The number of imidazole rings is 1. The van der Waals surface area contributed by atoms with Gasteiger partial charge in [-0.2, -0.15) is 18.3 Å². The maximum absolute atomic E-state index is 12.3. The number of halogens is 4. The maximum atomic E-state index is 12.3. The van der Waals surface area contributed by atoms with Gasteiger partial charge in [-0.25, -0.2) is 9.50 Å². The van der Waals surface area contributed by atoms with Crippen molar-refractivity contribution in [3.05, 3.63) is 15.9 Å². The van der Waals surface area contributed by atoms with Gasteiger partial charge in [-0.15, -0.1) is 0 Å². The number of amides is 1. The van der Waals surface area contributed by atoms with E-state index in [9.17, 15) is 18.0 Å². The minimum absolute atomic E-state index is 0.0221. The number of carbonyl (C=O) groups is 1. The molecule has 0 unspecified atom stereocenters. The molecule has 2 aromatic heterocycles. The van der Waals surface area contributed by atoms with Crippen molar-refractivity contribution >= 4 is 33.8 Å². The monoisotopic (exact) mass is 367 g/mol. The molecule has 6 nitrogen and oxygen atoms in total. The van der Waals surface area contributed by atoms with E-state index in [1.807, 2.05) is 6.92 Å². The van der Waals surface area contributed by atoms with E-state index in [-0.39, 0.29) is 37.4 Å². The molecule has 3 rings (SSSR count). The summed E-state index contributed by atoms with van der Waals surface area (Å²) in [6, 6.07) is 0. The normalized spacial score (nSPS) is 16.9. The smallest absolute Gasteiger partial charge is 0.323 e. The van der Waals surface area contributed by atoms with Crippen LogP contribution in [0.25, 0.3) is 4.96 Å². The number of hydrogen-bond acceptors (Lipinski definition) is 5. The fourth-order valence-electron chi connectivity index (χ4n) is 2.41. The molecule has 0 atom stereocenters. The van der Waals surface area contributed by atoms with Crippen LogP contribution in [0.15, 0.2) is 0 Å². The molecule has 1 amide bonds. The molecule has 1 aliphatic rings. The second-order valence-corrected chi connectivity index (χ2v) is 6.83. The van der Waals surface area contributed by atoms with Gasteiger partial charge < -0.3 is 4.90 Å². The lowest BCUT2D eigenvalue weighted by atomic mass is 10.4. The first kappa shape index (κ1) is 16.5. The van der Waals surface area contributed by atoms with Crippen molar-refractivity contribution in [2.75, 3.05) is 19.8 Å². The summed E-state index contributed by atoms with van der Waals surface area (Å²) < 4.78 is 38.4. The molecule has 126 valence electrons. The van der Waals surface area contributed by atoms with Gasteiger partial charge in [0, 0.05) is 6.54 Å². The van der Waals surface area contributed by atoms with Crippen molar-refractivity contribution < 1.29 is 18.0 Å². The zero-order valence-corrected chi connectivity index (χ0v) is 13.7. The van der Waals surface area contributed by atoms with Gasteiger partial charge in [0.1, 0.15) is 10.7 Å². The molecule has 3 heterocycles. The molecule has 0 spiro atoms. The molecule has 0 radical (unpaired) electrons. The SMILES string of the molecule is Cc1nn2c(CN3CN(CCC(F)(F)F)CC3=O)c(Cl)nc2s1. The van der Waals surface area contributed by atoms with E-state index in [1.54, 1.807) is 4.52 Å². The summed E-state index contributed by atoms with van der Waals surface area (Å²) >= 11 is 7.45. The van der Waals surface area contributed by atoms with Crippen LogP contribution in [0.3, 0.4) is 0 Å². The summed E-state index contributed by atoms with van der Waals surface area (Å²) in [4.78, 5) is 19.7. The number of rotatable bonds is 4. The minimum atomic E-state index is -4.23. The van der Waals surface area contributed by atoms with E-state index in [0.717, 1.165) is 5.01 Å². The molecular formula is C12H13ClF3N5OS. The molecular weight excluding hydrogens is 355 g/mol. The molecule has 0 saturated carbocycles. The van der Waals surface area contributed by atoms with Gasteiger partial charge in [0.25, 0.3) is 0 Å². The Bertz CT molecular complexity index is 743. The van der Waals surface area contributed by atoms with Crippen molar-refractivity contribution in [1.29, 1.82) is 0 Å². The predicted octanol–water partition coefficient (Wildman–Crippen LogP) is 2.31. The first-order valence-corrected chi connectivity index (χ1v) is 8.00. The molecule has 1 saturated heterocycles. The Morgan fingerprint density at radius 1 is 1.39 bits per heavy atom. The van der Waals surface area contributed by atoms with Gasteiger partial charge in [-0.05, 0) is 6.92 Å². The third-order valence-corrected chi connectivity index (χ3v) is 4.61. The third kappa shape index (κ3) is 3.59. The highest BCUT2D eigenvalue weighted by Gasteiger charge is 2.33. The molecule has 0 aliphatic carbocycles. The van der Waals surface area contributed by atoms with Crippen molar-refractivity contribution in [1.82, 2.24) is 24.4 Å². The van der Waals surface area contributed by atoms with Crippen molar-refractivity contribution in [2.24, 2.45) is 0 Å². The lowest BCUT2D eigenvalue weighted by Crippen LogP contribution is -2.29. The molecule has 1 fully saturated rings. The molecule has 0 N–H and O–H groups in total. The minimum Gasteiger partial charge on any atom is -0.323 e. The Kier molecular flexibility index (Phi) is 4.23. The zero-order valence-electron chi connectivity index (χ0n) is 12.1. The first-order valence-electron chi connectivity index (χ1n) is 6.80. The Balaban J connectivity index is 1.70. The summed E-state index contributed by atoms with van der Waals surface area (Å²) in [7, 11) is 0. The lowest BCUT2D eigenvalue weighted by Gasteiger charge is -2.18. The summed E-state index contributed by atoms with van der Waals surface area (Å²) in [5, 5.41) is 5.34. The number of hydrogen-bond donors (Lipinski definition) is 0. The largest absolute Gasteiger partial charge is 0.390 e. The summed E-state index contributed by atoms with van der Waals surface area (Å²) in [5.74, 6) is -0.231. The van der Waals surface area contributed by atoms with Gasteiger partial charge in [-0.3, -0.25) is 9.69 Å². The molecule has 23 heavy (non-hydrogen) atoms. The number of nitrogens with zero attached hydrogens (tertiary/aromatic N) is 5. The molecule has 11 heteroatoms. The lowest BCUT2D eigenvalue weighted by molar-refractivity contribution is -0.138. The van der Waals surface area contributed by atoms with E-state index in [0.29, 0.717) is 10.7 Å². The van der Waals surface area contributed by atoms with Crippen LogP contribution >= 0.6 is 22.9 Å². The van der Waals surface area contributed by atoms with Crippen LogP contribution in [0.5, 0.6) is 0 Å². The highest BCUT2D eigenvalue weighted by Crippen LogP contribution is 2.25. The van der Waals surface area contributed by atoms with Crippen LogP contribution in [-0.4, -0.2) is 56.2 Å². The topological polar surface area (TPSA) is 53.7 Å². The van der Waals surface area contributed by atoms with Crippen molar-refractivity contribution in [3.63, 3.8) is 0 Å². The van der Waals surface area contributed by atoms with E-state index < -0.39 is 12.6 Å². The van der Waals surface area contributed by atoms with E-state index in [4.69, 9.17) is 11.6 Å². The second kappa shape index (κ2) is 5.91. The molecule has 2 aromatic rings. The summed E-state index contributed by atoms with van der Waals surface area (Å²) in [6.07, 6.45) is -5.16. The zero-order chi connectivity index (χ0) is 16.8. The summed E-state index contributed by atoms with van der Waals surface area (Å²) in [5.41, 5.74) is 0.567. The van der Waals surface area contributed by atoms with Crippen LogP contribution in [-0.2, 0) is 11.3 Å². The highest BCUT2D eigenvalue weighted by atomic mass is 35.5. The van der Waals surface area contributed by atoms with Gasteiger partial charge in [0.2, 0.25) is 10.9 Å². The van der Waals surface area contributed by atoms with Crippen molar-refractivity contribution in [2.45, 2.75) is 26.1 Å². The van der Waals surface area contributed by atoms with Crippen LogP contribution in [0.1, 0.15) is 17.1 Å². The second-order valence-electron chi connectivity index (χ2n) is 5.32. The standard InChI is InChI=1S/C12H13ClF3N5OS/c1-7-18-21-8(10(13)17-11(21)23-7)4-20-6-19(5-9(20)22)3-2-12(14,15)16/h2-6H2,1H3. The van der Waals surface area contributed by atoms with Crippen molar-refractivity contribution in [3.8, 4) is 0 Å². The van der Waals surface area contributed by atoms with E-state index in [1.165, 1.54) is 21.1 Å². The molecule has 0 aromatic carbocycles. The number of aromatic nitrogens is 3. The van der Waals surface area contributed by atoms with Crippen LogP contribution in [0, 0.1) is 6.92 Å². The Labute approximate surface area is 138 Å². The summed E-state index contributed by atoms with van der Waals surface area (Å²) in [6.45, 7) is 1.92. The Morgan fingerprint density at radius 2 is 2.13 bits per heavy atom. The molecule has 1 aliphatic heterocycles. The number of fused-ring (bicyclic) bond motifs is 1. The molecule has 0 bridgehead atoms.